The molecular weight excluding hydrogens is 273 g/mol. The second-order valence-corrected chi connectivity index (χ2v) is 6.57. The topological polar surface area (TPSA) is 28.2 Å². The van der Waals surface area contributed by atoms with Crippen LogP contribution in [0.2, 0.25) is 0 Å². The fraction of sp³-hybridized carbons (Fsp3) is 0.667. The lowest BCUT2D eigenvalue weighted by Crippen LogP contribution is -2.39. The van der Waals surface area contributed by atoms with Crippen molar-refractivity contribution in [2.24, 2.45) is 0 Å². The van der Waals surface area contributed by atoms with Crippen LogP contribution in [0.3, 0.4) is 0 Å². The summed E-state index contributed by atoms with van der Waals surface area (Å²) in [6.45, 7) is 8.01. The molecule has 0 saturated carbocycles. The minimum Gasteiger partial charge on any atom is -0.354 e. The van der Waals surface area contributed by atoms with Gasteiger partial charge in [-0.2, -0.15) is 11.8 Å². The Bertz CT molecular complexity index is 428. The number of nitrogens with zero attached hydrogens (tertiary/aromatic N) is 2. The van der Waals surface area contributed by atoms with Gasteiger partial charge in [0, 0.05) is 36.2 Å². The molecule has 20 heavy (non-hydrogen) atoms. The number of pyridine rings is 1. The molecule has 1 aromatic rings. The van der Waals surface area contributed by atoms with E-state index in [-0.39, 0.29) is 5.82 Å². The summed E-state index contributed by atoms with van der Waals surface area (Å²) in [6, 6.07) is 1.62. The smallest absolute Gasteiger partial charge is 0.141 e. The summed E-state index contributed by atoms with van der Waals surface area (Å²) in [4.78, 5) is 6.66. The third-order valence-corrected chi connectivity index (χ3v) is 4.92. The quantitative estimate of drug-likeness (QED) is 0.817. The van der Waals surface area contributed by atoms with Crippen LogP contribution in [0, 0.1) is 5.82 Å². The Labute approximate surface area is 125 Å². The average molecular weight is 297 g/mol. The minimum atomic E-state index is -0.250. The molecule has 1 unspecified atom stereocenters. The number of hydrogen-bond donors (Lipinski definition) is 1. The minimum absolute atomic E-state index is 0.250. The van der Waals surface area contributed by atoms with Crippen molar-refractivity contribution in [3.63, 3.8) is 0 Å². The molecule has 0 spiro atoms. The van der Waals surface area contributed by atoms with Gasteiger partial charge in [0.25, 0.3) is 0 Å². The molecule has 5 heteroatoms. The summed E-state index contributed by atoms with van der Waals surface area (Å²) in [5, 5.41) is 4.00. The summed E-state index contributed by atoms with van der Waals surface area (Å²) in [5.74, 6) is 1.83. The van der Waals surface area contributed by atoms with E-state index < -0.39 is 0 Å². The number of hydrogen-bond acceptors (Lipinski definition) is 4. The first-order chi connectivity index (χ1) is 9.74. The lowest BCUT2D eigenvalue weighted by atomic mass is 10.2. The van der Waals surface area contributed by atoms with Crippen LogP contribution >= 0.6 is 11.8 Å². The van der Waals surface area contributed by atoms with Crippen LogP contribution in [0.15, 0.2) is 12.3 Å². The lowest BCUT2D eigenvalue weighted by Gasteiger charge is -2.34. The third-order valence-electron chi connectivity index (χ3n) is 3.55. The zero-order valence-corrected chi connectivity index (χ0v) is 13.2. The van der Waals surface area contributed by atoms with Crippen LogP contribution in [-0.4, -0.2) is 35.6 Å². The predicted octanol–water partition coefficient (Wildman–Crippen LogP) is 3.05. The Morgan fingerprint density at radius 2 is 2.35 bits per heavy atom. The van der Waals surface area contributed by atoms with Crippen molar-refractivity contribution < 1.29 is 4.39 Å². The Balaban J connectivity index is 2.12. The Kier molecular flexibility index (Phi) is 6.10. The van der Waals surface area contributed by atoms with Crippen LogP contribution in [0.25, 0.3) is 0 Å². The maximum atomic E-state index is 13.5. The van der Waals surface area contributed by atoms with E-state index in [9.17, 15) is 4.39 Å². The summed E-state index contributed by atoms with van der Waals surface area (Å²) in [6.07, 6.45) is 3.59. The van der Waals surface area contributed by atoms with Crippen molar-refractivity contribution in [3.8, 4) is 0 Å². The molecule has 1 atom stereocenters. The van der Waals surface area contributed by atoms with Crippen LogP contribution in [0.1, 0.15) is 32.3 Å². The zero-order valence-electron chi connectivity index (χ0n) is 12.4. The number of rotatable bonds is 6. The molecule has 1 saturated heterocycles. The van der Waals surface area contributed by atoms with Gasteiger partial charge in [-0.3, -0.25) is 0 Å². The van der Waals surface area contributed by atoms with E-state index in [0.717, 1.165) is 43.2 Å². The first kappa shape index (κ1) is 15.6. The molecular formula is C15H24FN3S. The van der Waals surface area contributed by atoms with Gasteiger partial charge in [-0.1, -0.05) is 13.8 Å². The molecule has 2 rings (SSSR count). The second-order valence-electron chi connectivity index (χ2n) is 5.16. The fourth-order valence-corrected chi connectivity index (χ4v) is 3.63. The van der Waals surface area contributed by atoms with E-state index in [4.69, 9.17) is 0 Å². The van der Waals surface area contributed by atoms with E-state index in [0.29, 0.717) is 11.8 Å². The molecule has 1 aromatic heterocycles. The van der Waals surface area contributed by atoms with E-state index in [1.54, 1.807) is 6.07 Å². The van der Waals surface area contributed by atoms with Gasteiger partial charge in [0.05, 0.1) is 6.20 Å². The molecule has 0 bridgehead atoms. The van der Waals surface area contributed by atoms with Crippen LogP contribution in [0.5, 0.6) is 0 Å². The second kappa shape index (κ2) is 7.84. The molecule has 1 fully saturated rings. The van der Waals surface area contributed by atoms with Crippen molar-refractivity contribution in [3.05, 3.63) is 23.6 Å². The monoisotopic (exact) mass is 297 g/mol. The highest BCUT2D eigenvalue weighted by Crippen LogP contribution is 2.27. The van der Waals surface area contributed by atoms with E-state index in [1.165, 1.54) is 12.6 Å². The number of halogens is 1. The maximum Gasteiger partial charge on any atom is 0.141 e. The van der Waals surface area contributed by atoms with Gasteiger partial charge in [-0.15, -0.1) is 0 Å². The van der Waals surface area contributed by atoms with Crippen LogP contribution < -0.4 is 10.2 Å². The largest absolute Gasteiger partial charge is 0.354 e. The SMILES string of the molecule is CCCNCc1cc(F)cnc1N1CCSC(CC)C1. The van der Waals surface area contributed by atoms with Gasteiger partial charge in [-0.05, 0) is 25.5 Å². The van der Waals surface area contributed by atoms with Crippen molar-refractivity contribution in [1.29, 1.82) is 0 Å². The maximum absolute atomic E-state index is 13.5. The highest BCUT2D eigenvalue weighted by atomic mass is 32.2. The average Bonchev–Trinajstić information content (AvgIpc) is 2.48. The first-order valence-electron chi connectivity index (χ1n) is 7.46. The lowest BCUT2D eigenvalue weighted by molar-refractivity contribution is 0.608. The standard InChI is InChI=1S/C15H24FN3S/c1-3-5-17-9-12-8-13(16)10-18-15(12)19-6-7-20-14(4-2)11-19/h8,10,14,17H,3-7,9,11H2,1-2H3. The summed E-state index contributed by atoms with van der Waals surface area (Å²) >= 11 is 2.03. The van der Waals surface area contributed by atoms with Gasteiger partial charge in [0.1, 0.15) is 11.6 Å². The fourth-order valence-electron chi connectivity index (χ4n) is 2.45. The highest BCUT2D eigenvalue weighted by molar-refractivity contribution is 8.00. The first-order valence-corrected chi connectivity index (χ1v) is 8.51. The van der Waals surface area contributed by atoms with E-state index in [2.05, 4.69) is 29.0 Å². The number of aromatic nitrogens is 1. The molecule has 0 aliphatic carbocycles. The van der Waals surface area contributed by atoms with Crippen molar-refractivity contribution in [2.75, 3.05) is 30.3 Å². The van der Waals surface area contributed by atoms with Crippen LogP contribution in [0.4, 0.5) is 10.2 Å². The van der Waals surface area contributed by atoms with Gasteiger partial charge >= 0.3 is 0 Å². The highest BCUT2D eigenvalue weighted by Gasteiger charge is 2.22. The number of nitrogens with one attached hydrogen (secondary N) is 1. The Morgan fingerprint density at radius 1 is 1.50 bits per heavy atom. The zero-order chi connectivity index (χ0) is 14.4. The number of thioether (sulfide) groups is 1. The molecule has 1 aliphatic rings. The molecule has 1 N–H and O–H groups in total. The Morgan fingerprint density at radius 3 is 3.10 bits per heavy atom. The van der Waals surface area contributed by atoms with E-state index in [1.807, 2.05) is 11.8 Å². The molecule has 1 aliphatic heterocycles. The Hall–Kier alpha value is -0.810. The summed E-state index contributed by atoms with van der Waals surface area (Å²) in [7, 11) is 0. The van der Waals surface area contributed by atoms with E-state index >= 15 is 0 Å². The van der Waals surface area contributed by atoms with Crippen LogP contribution in [-0.2, 0) is 6.54 Å². The molecule has 0 radical (unpaired) electrons. The molecule has 2 heterocycles. The normalized spacial score (nSPS) is 19.4. The molecule has 0 aromatic carbocycles. The van der Waals surface area contributed by atoms with Gasteiger partial charge in [0.15, 0.2) is 0 Å². The van der Waals surface area contributed by atoms with Gasteiger partial charge in [0.2, 0.25) is 0 Å². The van der Waals surface area contributed by atoms with Crippen molar-refractivity contribution in [1.82, 2.24) is 10.3 Å². The predicted molar refractivity (Wildman–Crippen MR) is 84.9 cm³/mol. The molecule has 3 nitrogen and oxygen atoms in total. The summed E-state index contributed by atoms with van der Waals surface area (Å²) < 4.78 is 13.5. The van der Waals surface area contributed by atoms with Gasteiger partial charge < -0.3 is 10.2 Å². The summed E-state index contributed by atoms with van der Waals surface area (Å²) in [5.41, 5.74) is 0.972. The van der Waals surface area contributed by atoms with Crippen molar-refractivity contribution >= 4 is 17.6 Å². The molecule has 112 valence electrons. The van der Waals surface area contributed by atoms with Gasteiger partial charge in [-0.25, -0.2) is 9.37 Å². The third kappa shape index (κ3) is 4.09. The number of anilines is 1. The van der Waals surface area contributed by atoms with Crippen molar-refractivity contribution in [2.45, 2.75) is 38.5 Å². The molecule has 0 amide bonds.